The fourth-order valence-electron chi connectivity index (χ4n) is 2.77. The SMILES string of the molecule is CN(C)C(=O)c1ccc(N[C@H]2CC(=O)N(c3ccc(Cl)cc3)C2=O)cc1. The highest BCUT2D eigenvalue weighted by molar-refractivity contribution is 6.30. The van der Waals surface area contributed by atoms with Gasteiger partial charge in [0.25, 0.3) is 11.8 Å². The van der Waals surface area contributed by atoms with Gasteiger partial charge in [-0.15, -0.1) is 0 Å². The lowest BCUT2D eigenvalue weighted by Crippen LogP contribution is -2.34. The van der Waals surface area contributed by atoms with Crippen molar-refractivity contribution in [1.82, 2.24) is 4.90 Å². The van der Waals surface area contributed by atoms with Crippen LogP contribution < -0.4 is 10.2 Å². The van der Waals surface area contributed by atoms with Gasteiger partial charge in [0, 0.05) is 30.4 Å². The van der Waals surface area contributed by atoms with Gasteiger partial charge < -0.3 is 10.2 Å². The van der Waals surface area contributed by atoms with Gasteiger partial charge in [-0.25, -0.2) is 4.90 Å². The summed E-state index contributed by atoms with van der Waals surface area (Å²) in [6.07, 6.45) is 0.0693. The Morgan fingerprint density at radius 2 is 1.69 bits per heavy atom. The van der Waals surface area contributed by atoms with E-state index < -0.39 is 6.04 Å². The number of carbonyl (C=O) groups is 3. The Hall–Kier alpha value is -2.86. The zero-order valence-electron chi connectivity index (χ0n) is 14.4. The number of imide groups is 1. The Morgan fingerprint density at radius 1 is 1.08 bits per heavy atom. The quantitative estimate of drug-likeness (QED) is 0.839. The molecule has 1 saturated heterocycles. The molecule has 1 aliphatic rings. The van der Waals surface area contributed by atoms with Crippen LogP contribution in [0.4, 0.5) is 11.4 Å². The van der Waals surface area contributed by atoms with E-state index in [0.717, 1.165) is 4.90 Å². The first-order valence-electron chi connectivity index (χ1n) is 8.07. The summed E-state index contributed by atoms with van der Waals surface area (Å²) < 4.78 is 0. The van der Waals surface area contributed by atoms with Crippen LogP contribution in [-0.2, 0) is 9.59 Å². The zero-order chi connectivity index (χ0) is 18.8. The molecule has 2 aromatic rings. The normalized spacial score (nSPS) is 16.7. The molecule has 3 amide bonds. The van der Waals surface area contributed by atoms with Crippen molar-refractivity contribution in [2.24, 2.45) is 0 Å². The van der Waals surface area contributed by atoms with Crippen LogP contribution in [0.1, 0.15) is 16.8 Å². The molecule has 1 heterocycles. The molecule has 0 unspecified atom stereocenters. The third-order valence-corrected chi connectivity index (χ3v) is 4.36. The first kappa shape index (κ1) is 17.9. The second kappa shape index (κ2) is 7.17. The van der Waals surface area contributed by atoms with E-state index in [2.05, 4.69) is 5.32 Å². The van der Waals surface area contributed by atoms with E-state index in [1.165, 1.54) is 4.90 Å². The number of nitrogens with zero attached hydrogens (tertiary/aromatic N) is 2. The predicted octanol–water partition coefficient (Wildman–Crippen LogP) is 2.79. The molecule has 0 aliphatic carbocycles. The molecule has 1 N–H and O–H groups in total. The van der Waals surface area contributed by atoms with Crippen molar-refractivity contribution < 1.29 is 14.4 Å². The number of hydrogen-bond acceptors (Lipinski definition) is 4. The van der Waals surface area contributed by atoms with Gasteiger partial charge in [0.2, 0.25) is 5.91 Å². The van der Waals surface area contributed by atoms with Gasteiger partial charge in [-0.3, -0.25) is 14.4 Å². The molecule has 0 aromatic heterocycles. The molecule has 134 valence electrons. The molecule has 7 heteroatoms. The van der Waals surface area contributed by atoms with Crippen LogP contribution in [0.5, 0.6) is 0 Å². The van der Waals surface area contributed by atoms with Crippen molar-refractivity contribution in [3.63, 3.8) is 0 Å². The van der Waals surface area contributed by atoms with Crippen molar-refractivity contribution in [2.75, 3.05) is 24.3 Å². The van der Waals surface area contributed by atoms with Gasteiger partial charge in [0.1, 0.15) is 6.04 Å². The minimum Gasteiger partial charge on any atom is -0.373 e. The Bertz CT molecular complexity index is 847. The summed E-state index contributed by atoms with van der Waals surface area (Å²) in [6.45, 7) is 0. The first-order valence-corrected chi connectivity index (χ1v) is 8.45. The third-order valence-electron chi connectivity index (χ3n) is 4.11. The molecule has 1 atom stereocenters. The second-order valence-corrected chi connectivity index (χ2v) is 6.66. The fraction of sp³-hybridized carbons (Fsp3) is 0.211. The average molecular weight is 372 g/mol. The van der Waals surface area contributed by atoms with Gasteiger partial charge in [-0.05, 0) is 48.5 Å². The number of hydrogen-bond donors (Lipinski definition) is 1. The fourth-order valence-corrected chi connectivity index (χ4v) is 2.90. The van der Waals surface area contributed by atoms with E-state index in [9.17, 15) is 14.4 Å². The lowest BCUT2D eigenvalue weighted by Gasteiger charge is -2.16. The van der Waals surface area contributed by atoms with Crippen LogP contribution >= 0.6 is 11.6 Å². The van der Waals surface area contributed by atoms with Crippen LogP contribution in [0.25, 0.3) is 0 Å². The summed E-state index contributed by atoms with van der Waals surface area (Å²) in [6, 6.07) is 12.7. The number of carbonyl (C=O) groups excluding carboxylic acids is 3. The smallest absolute Gasteiger partial charge is 0.256 e. The maximum atomic E-state index is 12.6. The Labute approximate surface area is 156 Å². The predicted molar refractivity (Wildman–Crippen MR) is 100 cm³/mol. The van der Waals surface area contributed by atoms with Crippen molar-refractivity contribution in [2.45, 2.75) is 12.5 Å². The minimum absolute atomic E-state index is 0.0693. The highest BCUT2D eigenvalue weighted by atomic mass is 35.5. The Kier molecular flexibility index (Phi) is 4.95. The summed E-state index contributed by atoms with van der Waals surface area (Å²) in [5, 5.41) is 3.60. The number of halogens is 1. The molecule has 1 aliphatic heterocycles. The monoisotopic (exact) mass is 371 g/mol. The van der Waals surface area contributed by atoms with E-state index in [1.54, 1.807) is 62.6 Å². The van der Waals surface area contributed by atoms with E-state index in [-0.39, 0.29) is 24.1 Å². The summed E-state index contributed by atoms with van der Waals surface area (Å²) in [5.41, 5.74) is 1.72. The zero-order valence-corrected chi connectivity index (χ0v) is 15.2. The first-order chi connectivity index (χ1) is 12.4. The molecule has 26 heavy (non-hydrogen) atoms. The van der Waals surface area contributed by atoms with Gasteiger partial charge in [-0.1, -0.05) is 11.6 Å². The average Bonchev–Trinajstić information content (AvgIpc) is 2.89. The Balaban J connectivity index is 1.73. The van der Waals surface area contributed by atoms with Crippen LogP contribution in [0.15, 0.2) is 48.5 Å². The molecular formula is C19H18ClN3O3. The van der Waals surface area contributed by atoms with Crippen LogP contribution in [0, 0.1) is 0 Å². The van der Waals surface area contributed by atoms with Crippen molar-refractivity contribution >= 4 is 40.7 Å². The molecule has 0 bridgehead atoms. The summed E-state index contributed by atoms with van der Waals surface area (Å²) in [7, 11) is 3.37. The molecule has 0 spiro atoms. The largest absolute Gasteiger partial charge is 0.373 e. The number of rotatable bonds is 4. The molecule has 3 rings (SSSR count). The summed E-state index contributed by atoms with van der Waals surface area (Å²) in [5.74, 6) is -0.683. The minimum atomic E-state index is -0.645. The summed E-state index contributed by atoms with van der Waals surface area (Å²) >= 11 is 5.85. The molecule has 0 radical (unpaired) electrons. The Morgan fingerprint density at radius 3 is 2.27 bits per heavy atom. The highest BCUT2D eigenvalue weighted by Gasteiger charge is 2.39. The van der Waals surface area contributed by atoms with Crippen molar-refractivity contribution in [3.05, 3.63) is 59.1 Å². The van der Waals surface area contributed by atoms with Crippen LogP contribution in [0.2, 0.25) is 5.02 Å². The highest BCUT2D eigenvalue weighted by Crippen LogP contribution is 2.26. The number of amides is 3. The number of anilines is 2. The van der Waals surface area contributed by atoms with E-state index >= 15 is 0 Å². The number of nitrogens with one attached hydrogen (secondary N) is 1. The number of benzene rings is 2. The maximum Gasteiger partial charge on any atom is 0.256 e. The van der Waals surface area contributed by atoms with Crippen LogP contribution in [-0.4, -0.2) is 42.8 Å². The van der Waals surface area contributed by atoms with Gasteiger partial charge in [-0.2, -0.15) is 0 Å². The van der Waals surface area contributed by atoms with Gasteiger partial charge in [0.15, 0.2) is 0 Å². The lowest BCUT2D eigenvalue weighted by atomic mass is 10.1. The van der Waals surface area contributed by atoms with Gasteiger partial charge >= 0.3 is 0 Å². The topological polar surface area (TPSA) is 69.7 Å². The molecule has 0 saturated carbocycles. The lowest BCUT2D eigenvalue weighted by molar-refractivity contribution is -0.121. The van der Waals surface area contributed by atoms with E-state index in [0.29, 0.717) is 22.0 Å². The molecule has 1 fully saturated rings. The van der Waals surface area contributed by atoms with E-state index in [4.69, 9.17) is 11.6 Å². The molecular weight excluding hydrogens is 354 g/mol. The standard InChI is InChI=1S/C19H18ClN3O3/c1-22(2)18(25)12-3-7-14(8-4-12)21-16-11-17(24)23(19(16)26)15-9-5-13(20)6-10-15/h3-10,16,21H,11H2,1-2H3/t16-/m0/s1. The van der Waals surface area contributed by atoms with Crippen molar-refractivity contribution in [1.29, 1.82) is 0 Å². The summed E-state index contributed by atoms with van der Waals surface area (Å²) in [4.78, 5) is 39.5. The van der Waals surface area contributed by atoms with Gasteiger partial charge in [0.05, 0.1) is 12.1 Å². The van der Waals surface area contributed by atoms with E-state index in [1.807, 2.05) is 0 Å². The third kappa shape index (κ3) is 3.55. The van der Waals surface area contributed by atoms with Crippen LogP contribution in [0.3, 0.4) is 0 Å². The molecule has 6 nitrogen and oxygen atoms in total. The van der Waals surface area contributed by atoms with Crippen molar-refractivity contribution in [3.8, 4) is 0 Å². The second-order valence-electron chi connectivity index (χ2n) is 6.22. The molecule has 2 aromatic carbocycles. The maximum absolute atomic E-state index is 12.6.